The van der Waals surface area contributed by atoms with Crippen LogP contribution in [-0.2, 0) is 9.53 Å². The van der Waals surface area contributed by atoms with Gasteiger partial charge in [-0.25, -0.2) is 4.79 Å². The third kappa shape index (κ3) is 13.9. The number of hydrogen-bond acceptors (Lipinski definition) is 2. The Morgan fingerprint density at radius 3 is 1.91 bits per heavy atom. The van der Waals surface area contributed by atoms with Gasteiger partial charge < -0.3 is 4.74 Å². The molecule has 0 saturated heterocycles. The highest BCUT2D eigenvalue weighted by atomic mass is 16.5. The fraction of sp³-hybridized carbons (Fsp3) is 0.750. The smallest absolute Gasteiger partial charge is 0.333 e. The van der Waals surface area contributed by atoms with Crippen LogP contribution in [0.1, 0.15) is 90.4 Å². The zero-order chi connectivity index (χ0) is 16.5. The minimum absolute atomic E-state index is 0.266. The number of unbranched alkanes of at least 4 members (excludes halogenated alkanes) is 10. The van der Waals surface area contributed by atoms with Crippen molar-refractivity contribution in [2.24, 2.45) is 0 Å². The monoisotopic (exact) mass is 308 g/mol. The van der Waals surface area contributed by atoms with Crippen LogP contribution in [0.2, 0.25) is 0 Å². The predicted molar refractivity (Wildman–Crippen MR) is 96.0 cm³/mol. The molecular formula is C20H36O2. The van der Waals surface area contributed by atoms with Gasteiger partial charge in [0.2, 0.25) is 0 Å². The maximum atomic E-state index is 11.1. The molecule has 0 aliphatic heterocycles. The van der Waals surface area contributed by atoms with E-state index in [0.29, 0.717) is 5.57 Å². The van der Waals surface area contributed by atoms with Crippen molar-refractivity contribution in [1.82, 2.24) is 0 Å². The number of allylic oxidation sites excluding steroid dienone is 2. The van der Waals surface area contributed by atoms with Gasteiger partial charge in [0.25, 0.3) is 0 Å². The molecule has 0 aromatic heterocycles. The largest absolute Gasteiger partial charge is 0.466 e. The zero-order valence-electron chi connectivity index (χ0n) is 14.9. The lowest BCUT2D eigenvalue weighted by Gasteiger charge is -2.03. The van der Waals surface area contributed by atoms with Crippen molar-refractivity contribution in [2.75, 3.05) is 7.11 Å². The normalized spacial score (nSPS) is 11.0. The topological polar surface area (TPSA) is 26.3 Å². The standard InChI is InChI=1S/C20H36O2/c1-4-5-6-7-8-9-10-11-12-13-14-15-16-17-18-19(2)20(21)22-3/h11-12H,2,4-10,13-18H2,1,3H3. The molecule has 0 aromatic rings. The van der Waals surface area contributed by atoms with Crippen LogP contribution in [0.4, 0.5) is 0 Å². The number of methoxy groups -OCH3 is 1. The summed E-state index contributed by atoms with van der Waals surface area (Å²) in [5.41, 5.74) is 0.598. The summed E-state index contributed by atoms with van der Waals surface area (Å²) in [7, 11) is 1.41. The fourth-order valence-electron chi connectivity index (χ4n) is 2.48. The van der Waals surface area contributed by atoms with Gasteiger partial charge in [0.15, 0.2) is 0 Å². The van der Waals surface area contributed by atoms with Crippen LogP contribution in [0.25, 0.3) is 0 Å². The van der Waals surface area contributed by atoms with E-state index in [9.17, 15) is 4.79 Å². The SMILES string of the molecule is C=C(CCCCCCC=CCCCCCCCC)C(=O)OC. The van der Waals surface area contributed by atoms with Crippen LogP contribution in [-0.4, -0.2) is 13.1 Å². The molecule has 0 amide bonds. The van der Waals surface area contributed by atoms with E-state index < -0.39 is 0 Å². The van der Waals surface area contributed by atoms with Gasteiger partial charge in [-0.3, -0.25) is 0 Å². The maximum absolute atomic E-state index is 11.1. The summed E-state index contributed by atoms with van der Waals surface area (Å²) < 4.78 is 4.63. The van der Waals surface area contributed by atoms with Crippen molar-refractivity contribution in [3.63, 3.8) is 0 Å². The van der Waals surface area contributed by atoms with E-state index in [2.05, 4.69) is 30.4 Å². The molecule has 0 unspecified atom stereocenters. The Bertz CT molecular complexity index is 305. The molecule has 2 heteroatoms. The van der Waals surface area contributed by atoms with Crippen LogP contribution >= 0.6 is 0 Å². The molecule has 0 aromatic carbocycles. The molecule has 0 saturated carbocycles. The molecule has 0 spiro atoms. The van der Waals surface area contributed by atoms with Gasteiger partial charge in [0.1, 0.15) is 0 Å². The van der Waals surface area contributed by atoms with Gasteiger partial charge >= 0.3 is 5.97 Å². The Kier molecular flexibility index (Phi) is 15.5. The number of esters is 1. The highest BCUT2D eigenvalue weighted by Gasteiger charge is 2.04. The molecule has 0 fully saturated rings. The Morgan fingerprint density at radius 1 is 0.864 bits per heavy atom. The van der Waals surface area contributed by atoms with Gasteiger partial charge in [-0.1, -0.05) is 70.6 Å². The molecule has 0 bridgehead atoms. The highest BCUT2D eigenvalue weighted by Crippen LogP contribution is 2.11. The molecule has 0 rings (SSSR count). The maximum Gasteiger partial charge on any atom is 0.333 e. The first-order valence-corrected chi connectivity index (χ1v) is 9.13. The summed E-state index contributed by atoms with van der Waals surface area (Å²) in [6.45, 7) is 6.00. The first-order valence-electron chi connectivity index (χ1n) is 9.13. The van der Waals surface area contributed by atoms with Crippen LogP contribution in [0, 0.1) is 0 Å². The molecular weight excluding hydrogens is 272 g/mol. The molecule has 128 valence electrons. The number of carbonyl (C=O) groups excluding carboxylic acids is 1. The van der Waals surface area contributed by atoms with Gasteiger partial charge in [-0.05, 0) is 38.5 Å². The van der Waals surface area contributed by atoms with Crippen LogP contribution in [0.15, 0.2) is 24.3 Å². The lowest BCUT2D eigenvalue weighted by molar-refractivity contribution is -0.136. The van der Waals surface area contributed by atoms with Crippen molar-refractivity contribution in [3.05, 3.63) is 24.3 Å². The average molecular weight is 309 g/mol. The minimum atomic E-state index is -0.266. The second-order valence-electron chi connectivity index (χ2n) is 6.08. The van der Waals surface area contributed by atoms with Gasteiger partial charge in [0.05, 0.1) is 7.11 Å². The predicted octanol–water partition coefficient (Wildman–Crippen LogP) is 6.36. The van der Waals surface area contributed by atoms with Crippen molar-refractivity contribution in [2.45, 2.75) is 90.4 Å². The lowest BCUT2D eigenvalue weighted by atomic mass is 10.1. The summed E-state index contributed by atoms with van der Waals surface area (Å²) in [6.07, 6.45) is 20.8. The van der Waals surface area contributed by atoms with Crippen LogP contribution in [0.3, 0.4) is 0 Å². The Labute approximate surface area is 138 Å². The van der Waals surface area contributed by atoms with Crippen molar-refractivity contribution >= 4 is 5.97 Å². The van der Waals surface area contributed by atoms with Crippen molar-refractivity contribution in [1.29, 1.82) is 0 Å². The summed E-state index contributed by atoms with van der Waals surface area (Å²) in [4.78, 5) is 11.1. The molecule has 0 radical (unpaired) electrons. The summed E-state index contributed by atoms with van der Waals surface area (Å²) in [5, 5.41) is 0. The van der Waals surface area contributed by atoms with Gasteiger partial charge in [-0.15, -0.1) is 0 Å². The van der Waals surface area contributed by atoms with Gasteiger partial charge in [0, 0.05) is 5.57 Å². The highest BCUT2D eigenvalue weighted by molar-refractivity contribution is 5.87. The molecule has 0 atom stereocenters. The molecule has 0 aliphatic carbocycles. The van der Waals surface area contributed by atoms with E-state index in [1.807, 2.05) is 0 Å². The third-order valence-electron chi connectivity index (χ3n) is 3.96. The Hall–Kier alpha value is -1.05. The van der Waals surface area contributed by atoms with E-state index in [-0.39, 0.29) is 5.97 Å². The summed E-state index contributed by atoms with van der Waals surface area (Å²) in [5.74, 6) is -0.266. The fourth-order valence-corrected chi connectivity index (χ4v) is 2.48. The zero-order valence-corrected chi connectivity index (χ0v) is 14.9. The molecule has 2 nitrogen and oxygen atoms in total. The third-order valence-corrected chi connectivity index (χ3v) is 3.96. The van der Waals surface area contributed by atoms with E-state index in [1.165, 1.54) is 77.7 Å². The minimum Gasteiger partial charge on any atom is -0.466 e. The second-order valence-corrected chi connectivity index (χ2v) is 6.08. The average Bonchev–Trinajstić information content (AvgIpc) is 2.54. The van der Waals surface area contributed by atoms with Crippen LogP contribution in [0.5, 0.6) is 0 Å². The number of carbonyl (C=O) groups is 1. The van der Waals surface area contributed by atoms with E-state index in [4.69, 9.17) is 0 Å². The Morgan fingerprint density at radius 2 is 1.36 bits per heavy atom. The summed E-state index contributed by atoms with van der Waals surface area (Å²) in [6, 6.07) is 0. The molecule has 22 heavy (non-hydrogen) atoms. The van der Waals surface area contributed by atoms with Crippen molar-refractivity contribution < 1.29 is 9.53 Å². The van der Waals surface area contributed by atoms with E-state index in [0.717, 1.165) is 12.8 Å². The van der Waals surface area contributed by atoms with E-state index >= 15 is 0 Å². The number of ether oxygens (including phenoxy) is 1. The number of hydrogen-bond donors (Lipinski definition) is 0. The molecule has 0 heterocycles. The van der Waals surface area contributed by atoms with Crippen LogP contribution < -0.4 is 0 Å². The first-order chi connectivity index (χ1) is 10.7. The number of rotatable bonds is 15. The lowest BCUT2D eigenvalue weighted by Crippen LogP contribution is -2.03. The second kappa shape index (κ2) is 16.3. The van der Waals surface area contributed by atoms with E-state index in [1.54, 1.807) is 0 Å². The quantitative estimate of drug-likeness (QED) is 0.152. The molecule has 0 aliphatic rings. The summed E-state index contributed by atoms with van der Waals surface area (Å²) >= 11 is 0. The molecule has 0 N–H and O–H groups in total. The van der Waals surface area contributed by atoms with Gasteiger partial charge in [-0.2, -0.15) is 0 Å². The Balaban J connectivity index is 3.24. The first kappa shape index (κ1) is 20.9. The van der Waals surface area contributed by atoms with Crippen molar-refractivity contribution in [3.8, 4) is 0 Å².